The summed E-state index contributed by atoms with van der Waals surface area (Å²) in [5, 5.41) is 1.42. The van der Waals surface area contributed by atoms with Gasteiger partial charge in [0, 0.05) is 17.1 Å². The molecule has 0 fully saturated rings. The number of aromatic nitrogens is 1. The van der Waals surface area contributed by atoms with Crippen LogP contribution < -0.4 is 5.56 Å². The number of Topliss-reactive ketones (excluding diaryl/α,β-unsaturated/α-hetero) is 1. The molecule has 0 saturated heterocycles. The van der Waals surface area contributed by atoms with Crippen molar-refractivity contribution in [3.05, 3.63) is 82.0 Å². The molecule has 22 heavy (non-hydrogen) atoms. The fourth-order valence-electron chi connectivity index (χ4n) is 2.42. The highest BCUT2D eigenvalue weighted by Gasteiger charge is 2.10. The van der Waals surface area contributed by atoms with Crippen LogP contribution in [0.3, 0.4) is 0 Å². The number of nitrogens with zero attached hydrogens (tertiary/aromatic N) is 1. The van der Waals surface area contributed by atoms with Crippen molar-refractivity contribution in [3.8, 4) is 0 Å². The highest BCUT2D eigenvalue weighted by atomic mass is 19.1. The minimum atomic E-state index is -0.348. The van der Waals surface area contributed by atoms with Gasteiger partial charge in [0.15, 0.2) is 5.78 Å². The number of hydrogen-bond donors (Lipinski definition) is 0. The van der Waals surface area contributed by atoms with Crippen LogP contribution >= 0.6 is 0 Å². The molecule has 3 aromatic rings. The zero-order chi connectivity index (χ0) is 15.7. The third-order valence-electron chi connectivity index (χ3n) is 3.68. The van der Waals surface area contributed by atoms with Gasteiger partial charge in [-0.2, -0.15) is 0 Å². The smallest absolute Gasteiger partial charge is 0.258 e. The predicted molar refractivity (Wildman–Crippen MR) is 83.7 cm³/mol. The molecule has 0 unspecified atom stereocenters. The van der Waals surface area contributed by atoms with Crippen molar-refractivity contribution in [2.24, 2.45) is 0 Å². The van der Waals surface area contributed by atoms with Gasteiger partial charge in [-0.3, -0.25) is 9.59 Å². The summed E-state index contributed by atoms with van der Waals surface area (Å²) >= 11 is 0. The van der Waals surface area contributed by atoms with Crippen molar-refractivity contribution in [1.82, 2.24) is 4.57 Å². The Balaban J connectivity index is 1.96. The van der Waals surface area contributed by atoms with Gasteiger partial charge in [-0.15, -0.1) is 0 Å². The first-order chi connectivity index (χ1) is 10.6. The van der Waals surface area contributed by atoms with Gasteiger partial charge < -0.3 is 4.57 Å². The Morgan fingerprint density at radius 1 is 1.14 bits per heavy atom. The maximum Gasteiger partial charge on any atom is 0.258 e. The van der Waals surface area contributed by atoms with E-state index in [1.807, 2.05) is 12.1 Å². The molecule has 110 valence electrons. The van der Waals surface area contributed by atoms with E-state index in [2.05, 4.69) is 0 Å². The van der Waals surface area contributed by atoms with E-state index < -0.39 is 0 Å². The molecule has 4 heteroatoms. The minimum Gasteiger partial charge on any atom is -0.307 e. The van der Waals surface area contributed by atoms with Crippen LogP contribution in [0.15, 0.2) is 59.5 Å². The predicted octanol–water partition coefficient (Wildman–Crippen LogP) is 3.33. The molecule has 0 saturated carbocycles. The van der Waals surface area contributed by atoms with Crippen LogP contribution in [0.25, 0.3) is 10.8 Å². The van der Waals surface area contributed by atoms with Crippen LogP contribution in [0.1, 0.15) is 15.9 Å². The van der Waals surface area contributed by atoms with E-state index in [1.54, 1.807) is 31.3 Å². The average Bonchev–Trinajstić information content (AvgIpc) is 2.53. The summed E-state index contributed by atoms with van der Waals surface area (Å²) in [5.41, 5.74) is 0.612. The number of fused-ring (bicyclic) bond motifs is 1. The molecule has 0 N–H and O–H groups in total. The first-order valence-corrected chi connectivity index (χ1v) is 6.94. The van der Waals surface area contributed by atoms with Gasteiger partial charge in [0.25, 0.3) is 5.56 Å². The lowest BCUT2D eigenvalue weighted by Crippen LogP contribution is -2.23. The molecule has 0 radical (unpaired) electrons. The van der Waals surface area contributed by atoms with Crippen molar-refractivity contribution in [2.75, 3.05) is 0 Å². The quantitative estimate of drug-likeness (QED) is 0.695. The third kappa shape index (κ3) is 2.55. The standard InChI is InChI=1S/C18H14FNO2/c1-12-10-14(6-7-16(12)19)17(21)11-20-9-8-13-4-2-3-5-15(13)18(20)22/h2-10H,11H2,1H3. The van der Waals surface area contributed by atoms with Gasteiger partial charge in [0.1, 0.15) is 5.82 Å². The number of benzene rings is 2. The van der Waals surface area contributed by atoms with Gasteiger partial charge >= 0.3 is 0 Å². The topological polar surface area (TPSA) is 39.1 Å². The summed E-state index contributed by atoms with van der Waals surface area (Å²) in [6, 6.07) is 13.3. The van der Waals surface area contributed by atoms with Crippen LogP contribution in [0.5, 0.6) is 0 Å². The Morgan fingerprint density at radius 3 is 2.68 bits per heavy atom. The summed E-state index contributed by atoms with van der Waals surface area (Å²) in [5.74, 6) is -0.570. The third-order valence-corrected chi connectivity index (χ3v) is 3.68. The molecule has 0 atom stereocenters. The lowest BCUT2D eigenvalue weighted by molar-refractivity contribution is 0.0971. The number of hydrogen-bond acceptors (Lipinski definition) is 2. The van der Waals surface area contributed by atoms with Crippen LogP contribution in [-0.2, 0) is 6.54 Å². The zero-order valence-electron chi connectivity index (χ0n) is 12.0. The maximum atomic E-state index is 13.3. The zero-order valence-corrected chi connectivity index (χ0v) is 12.0. The normalized spacial score (nSPS) is 10.8. The second-order valence-corrected chi connectivity index (χ2v) is 5.22. The van der Waals surface area contributed by atoms with E-state index in [9.17, 15) is 14.0 Å². The summed E-state index contributed by atoms with van der Waals surface area (Å²) in [6.07, 6.45) is 1.61. The molecule has 0 aliphatic heterocycles. The molecular formula is C18H14FNO2. The number of halogens is 1. The van der Waals surface area contributed by atoms with Crippen molar-refractivity contribution in [1.29, 1.82) is 0 Å². The van der Waals surface area contributed by atoms with Crippen LogP contribution in [0.2, 0.25) is 0 Å². The number of ketones is 1. The van der Waals surface area contributed by atoms with Crippen molar-refractivity contribution in [2.45, 2.75) is 13.5 Å². The minimum absolute atomic E-state index is 0.0608. The van der Waals surface area contributed by atoms with E-state index in [0.29, 0.717) is 16.5 Å². The molecule has 2 aromatic carbocycles. The second kappa shape index (κ2) is 5.56. The average molecular weight is 295 g/mol. The summed E-state index contributed by atoms with van der Waals surface area (Å²) in [7, 11) is 0. The largest absolute Gasteiger partial charge is 0.307 e. The van der Waals surface area contributed by atoms with Crippen LogP contribution in [0.4, 0.5) is 4.39 Å². The molecule has 1 aromatic heterocycles. The molecule has 0 bridgehead atoms. The molecule has 3 rings (SSSR count). The molecule has 0 aliphatic carbocycles. The summed E-state index contributed by atoms with van der Waals surface area (Å²) < 4.78 is 14.6. The molecule has 3 nitrogen and oxygen atoms in total. The number of aryl methyl sites for hydroxylation is 1. The Kier molecular flexibility index (Phi) is 3.59. The summed E-state index contributed by atoms with van der Waals surface area (Å²) in [4.78, 5) is 24.7. The number of carbonyl (C=O) groups is 1. The summed E-state index contributed by atoms with van der Waals surface area (Å²) in [6.45, 7) is 1.54. The molecule has 0 spiro atoms. The lowest BCUT2D eigenvalue weighted by atomic mass is 10.1. The van der Waals surface area contributed by atoms with Gasteiger partial charge in [-0.1, -0.05) is 18.2 Å². The van der Waals surface area contributed by atoms with Crippen LogP contribution in [-0.4, -0.2) is 10.4 Å². The fourth-order valence-corrected chi connectivity index (χ4v) is 2.42. The molecule has 1 heterocycles. The molecule has 0 aliphatic rings. The van der Waals surface area contributed by atoms with Gasteiger partial charge in [-0.05, 0) is 48.2 Å². The van der Waals surface area contributed by atoms with E-state index in [1.165, 1.54) is 22.8 Å². The van der Waals surface area contributed by atoms with Crippen molar-refractivity contribution < 1.29 is 9.18 Å². The Labute approximate surface area is 126 Å². The number of rotatable bonds is 3. The number of carbonyl (C=O) groups excluding carboxylic acids is 1. The maximum absolute atomic E-state index is 13.3. The first-order valence-electron chi connectivity index (χ1n) is 6.94. The lowest BCUT2D eigenvalue weighted by Gasteiger charge is -2.07. The first kappa shape index (κ1) is 14.2. The van der Waals surface area contributed by atoms with E-state index in [-0.39, 0.29) is 23.7 Å². The highest BCUT2D eigenvalue weighted by molar-refractivity contribution is 5.96. The SMILES string of the molecule is Cc1cc(C(=O)Cn2ccc3ccccc3c2=O)ccc1F. The van der Waals surface area contributed by atoms with E-state index >= 15 is 0 Å². The van der Waals surface area contributed by atoms with Gasteiger partial charge in [0.05, 0.1) is 6.54 Å². The second-order valence-electron chi connectivity index (χ2n) is 5.22. The molecule has 0 amide bonds. The Hall–Kier alpha value is -2.75. The van der Waals surface area contributed by atoms with Gasteiger partial charge in [0.2, 0.25) is 0 Å². The number of pyridine rings is 1. The van der Waals surface area contributed by atoms with E-state index in [4.69, 9.17) is 0 Å². The van der Waals surface area contributed by atoms with Crippen LogP contribution in [0, 0.1) is 12.7 Å². The Morgan fingerprint density at radius 2 is 1.91 bits per heavy atom. The Bertz CT molecular complexity index is 928. The highest BCUT2D eigenvalue weighted by Crippen LogP contribution is 2.12. The monoisotopic (exact) mass is 295 g/mol. The van der Waals surface area contributed by atoms with Crippen molar-refractivity contribution in [3.63, 3.8) is 0 Å². The fraction of sp³-hybridized carbons (Fsp3) is 0.111. The van der Waals surface area contributed by atoms with Crippen molar-refractivity contribution >= 4 is 16.6 Å². The molecular weight excluding hydrogens is 281 g/mol. The van der Waals surface area contributed by atoms with Gasteiger partial charge in [-0.25, -0.2) is 4.39 Å². The van der Waals surface area contributed by atoms with E-state index in [0.717, 1.165) is 5.39 Å².